The number of nitrogens with one attached hydrogen (secondary N) is 2. The molecule has 0 aromatic carbocycles. The van der Waals surface area contributed by atoms with Gasteiger partial charge in [0.1, 0.15) is 5.15 Å². The Bertz CT molecular complexity index is 329. The van der Waals surface area contributed by atoms with Crippen molar-refractivity contribution in [2.24, 2.45) is 0 Å². The highest BCUT2D eigenvalue weighted by molar-refractivity contribution is 6.29. The zero-order chi connectivity index (χ0) is 11.3. The molecule has 0 aliphatic heterocycles. The van der Waals surface area contributed by atoms with Gasteiger partial charge in [-0.2, -0.15) is 0 Å². The van der Waals surface area contributed by atoms with E-state index in [-0.39, 0.29) is 18.7 Å². The lowest BCUT2D eigenvalue weighted by Gasteiger charge is -2.11. The summed E-state index contributed by atoms with van der Waals surface area (Å²) in [5.41, 5.74) is 0.544. The molecule has 6 heteroatoms. The second kappa shape index (κ2) is 5.53. The van der Waals surface area contributed by atoms with Crippen LogP contribution in [0.4, 0.5) is 10.5 Å². The summed E-state index contributed by atoms with van der Waals surface area (Å²) >= 11 is 5.58. The van der Waals surface area contributed by atoms with Crippen molar-refractivity contribution >= 4 is 23.3 Å². The Labute approximate surface area is 92.5 Å². The van der Waals surface area contributed by atoms with E-state index in [2.05, 4.69) is 15.6 Å². The normalized spacial score (nSPS) is 11.9. The number of carbonyl (C=O) groups is 1. The molecule has 2 amide bonds. The molecular weight excluding hydrogens is 218 g/mol. The van der Waals surface area contributed by atoms with Crippen LogP contribution in [0.25, 0.3) is 0 Å². The first-order chi connectivity index (χ1) is 7.11. The van der Waals surface area contributed by atoms with Crippen LogP contribution < -0.4 is 10.6 Å². The van der Waals surface area contributed by atoms with Gasteiger partial charge in [-0.3, -0.25) is 0 Å². The van der Waals surface area contributed by atoms with Gasteiger partial charge in [-0.05, 0) is 19.1 Å². The standard InChI is InChI=1S/C9H12ClN3O2/c1-6(5-14)12-9(15)13-7-2-3-8(10)11-4-7/h2-4,6,14H,5H2,1H3,(H2,12,13,15)/t6-/m0/s1. The Kier molecular flexibility index (Phi) is 4.33. The van der Waals surface area contributed by atoms with E-state index in [1.54, 1.807) is 19.1 Å². The molecule has 0 saturated carbocycles. The molecule has 3 N–H and O–H groups in total. The fourth-order valence-corrected chi connectivity index (χ4v) is 0.998. The van der Waals surface area contributed by atoms with Gasteiger partial charge in [0.25, 0.3) is 0 Å². The highest BCUT2D eigenvalue weighted by Gasteiger charge is 2.05. The molecular formula is C9H12ClN3O2. The van der Waals surface area contributed by atoms with Crippen LogP contribution >= 0.6 is 11.6 Å². The Morgan fingerprint density at radius 3 is 2.93 bits per heavy atom. The monoisotopic (exact) mass is 229 g/mol. The molecule has 1 atom stereocenters. The Balaban J connectivity index is 2.48. The molecule has 1 rings (SSSR count). The molecule has 0 aliphatic rings. The van der Waals surface area contributed by atoms with Gasteiger partial charge in [0, 0.05) is 0 Å². The first-order valence-corrected chi connectivity index (χ1v) is 4.79. The zero-order valence-corrected chi connectivity index (χ0v) is 8.95. The molecule has 1 heterocycles. The van der Waals surface area contributed by atoms with E-state index in [0.717, 1.165) is 0 Å². The van der Waals surface area contributed by atoms with Crippen molar-refractivity contribution in [3.63, 3.8) is 0 Å². The third kappa shape index (κ3) is 4.14. The van der Waals surface area contributed by atoms with E-state index in [9.17, 15) is 4.79 Å². The first-order valence-electron chi connectivity index (χ1n) is 4.41. The maximum Gasteiger partial charge on any atom is 0.319 e. The van der Waals surface area contributed by atoms with E-state index >= 15 is 0 Å². The number of aliphatic hydroxyl groups is 1. The molecule has 82 valence electrons. The van der Waals surface area contributed by atoms with Crippen molar-refractivity contribution in [2.45, 2.75) is 13.0 Å². The quantitative estimate of drug-likeness (QED) is 0.683. The van der Waals surface area contributed by atoms with Crippen molar-refractivity contribution in [1.29, 1.82) is 0 Å². The van der Waals surface area contributed by atoms with Gasteiger partial charge >= 0.3 is 6.03 Å². The van der Waals surface area contributed by atoms with Crippen molar-refractivity contribution in [1.82, 2.24) is 10.3 Å². The summed E-state index contributed by atoms with van der Waals surface area (Å²) in [5, 5.41) is 14.2. The smallest absolute Gasteiger partial charge is 0.319 e. The van der Waals surface area contributed by atoms with Crippen LogP contribution in [0.15, 0.2) is 18.3 Å². The lowest BCUT2D eigenvalue weighted by Crippen LogP contribution is -2.38. The van der Waals surface area contributed by atoms with Crippen LogP contribution in [0, 0.1) is 0 Å². The van der Waals surface area contributed by atoms with Gasteiger partial charge in [0.15, 0.2) is 0 Å². The molecule has 0 radical (unpaired) electrons. The second-order valence-electron chi connectivity index (χ2n) is 3.05. The number of urea groups is 1. The van der Waals surface area contributed by atoms with Crippen LogP contribution in [0.3, 0.4) is 0 Å². The number of aliphatic hydroxyl groups excluding tert-OH is 1. The van der Waals surface area contributed by atoms with E-state index in [0.29, 0.717) is 10.8 Å². The van der Waals surface area contributed by atoms with E-state index in [1.807, 2.05) is 0 Å². The number of aromatic nitrogens is 1. The fraction of sp³-hybridized carbons (Fsp3) is 0.333. The minimum Gasteiger partial charge on any atom is -0.394 e. The number of hydrogen-bond acceptors (Lipinski definition) is 3. The third-order valence-electron chi connectivity index (χ3n) is 1.64. The maximum absolute atomic E-state index is 11.3. The summed E-state index contributed by atoms with van der Waals surface area (Å²) in [7, 11) is 0. The van der Waals surface area contributed by atoms with Crippen molar-refractivity contribution < 1.29 is 9.90 Å². The average Bonchev–Trinajstić information content (AvgIpc) is 2.21. The average molecular weight is 230 g/mol. The largest absolute Gasteiger partial charge is 0.394 e. The van der Waals surface area contributed by atoms with Crippen LogP contribution in [0.2, 0.25) is 5.15 Å². The number of anilines is 1. The third-order valence-corrected chi connectivity index (χ3v) is 1.86. The summed E-state index contributed by atoms with van der Waals surface area (Å²) in [6.45, 7) is 1.59. The van der Waals surface area contributed by atoms with E-state index in [4.69, 9.17) is 16.7 Å². The van der Waals surface area contributed by atoms with Gasteiger partial charge in [0.2, 0.25) is 0 Å². The molecule has 15 heavy (non-hydrogen) atoms. The lowest BCUT2D eigenvalue weighted by atomic mass is 10.4. The van der Waals surface area contributed by atoms with Gasteiger partial charge < -0.3 is 15.7 Å². The number of hydrogen-bond donors (Lipinski definition) is 3. The number of halogens is 1. The van der Waals surface area contributed by atoms with Crippen LogP contribution in [-0.2, 0) is 0 Å². The fourth-order valence-electron chi connectivity index (χ4n) is 0.886. The summed E-state index contributed by atoms with van der Waals surface area (Å²) < 4.78 is 0. The Morgan fingerprint density at radius 1 is 1.67 bits per heavy atom. The number of nitrogens with zero attached hydrogens (tertiary/aromatic N) is 1. The maximum atomic E-state index is 11.3. The van der Waals surface area contributed by atoms with Crippen molar-refractivity contribution in [2.75, 3.05) is 11.9 Å². The number of carbonyl (C=O) groups excluding carboxylic acids is 1. The van der Waals surface area contributed by atoms with Gasteiger partial charge in [-0.1, -0.05) is 11.6 Å². The lowest BCUT2D eigenvalue weighted by molar-refractivity contribution is 0.229. The topological polar surface area (TPSA) is 74.2 Å². The molecule has 0 aliphatic carbocycles. The van der Waals surface area contributed by atoms with Crippen LogP contribution in [-0.4, -0.2) is 28.8 Å². The minimum atomic E-state index is -0.388. The molecule has 0 saturated heterocycles. The van der Waals surface area contributed by atoms with Crippen LogP contribution in [0.1, 0.15) is 6.92 Å². The van der Waals surface area contributed by atoms with E-state index < -0.39 is 0 Å². The summed E-state index contributed by atoms with van der Waals surface area (Å²) in [6, 6.07) is 2.54. The predicted octanol–water partition coefficient (Wildman–Crippen LogP) is 1.24. The van der Waals surface area contributed by atoms with Gasteiger partial charge in [0.05, 0.1) is 24.5 Å². The molecule has 5 nitrogen and oxygen atoms in total. The van der Waals surface area contributed by atoms with Gasteiger partial charge in [-0.15, -0.1) is 0 Å². The molecule has 0 spiro atoms. The zero-order valence-electron chi connectivity index (χ0n) is 8.20. The summed E-state index contributed by atoms with van der Waals surface area (Å²) in [5.74, 6) is 0. The Hall–Kier alpha value is -1.33. The first kappa shape index (κ1) is 11.7. The number of amides is 2. The molecule has 0 unspecified atom stereocenters. The van der Waals surface area contributed by atoms with Gasteiger partial charge in [-0.25, -0.2) is 9.78 Å². The van der Waals surface area contributed by atoms with E-state index in [1.165, 1.54) is 6.20 Å². The second-order valence-corrected chi connectivity index (χ2v) is 3.44. The van der Waals surface area contributed by atoms with Crippen molar-refractivity contribution in [3.8, 4) is 0 Å². The Morgan fingerprint density at radius 2 is 2.40 bits per heavy atom. The number of rotatable bonds is 3. The minimum absolute atomic E-state index is 0.105. The molecule has 1 aromatic heterocycles. The SMILES string of the molecule is C[C@@H](CO)NC(=O)Nc1ccc(Cl)nc1. The van der Waals surface area contributed by atoms with Crippen LogP contribution in [0.5, 0.6) is 0 Å². The van der Waals surface area contributed by atoms with Crippen molar-refractivity contribution in [3.05, 3.63) is 23.5 Å². The molecule has 1 aromatic rings. The predicted molar refractivity (Wildman–Crippen MR) is 57.9 cm³/mol. The number of pyridine rings is 1. The summed E-state index contributed by atoms with van der Waals surface area (Å²) in [6.07, 6.45) is 1.45. The summed E-state index contributed by atoms with van der Waals surface area (Å²) in [4.78, 5) is 15.1. The molecule has 0 bridgehead atoms. The highest BCUT2D eigenvalue weighted by atomic mass is 35.5. The highest BCUT2D eigenvalue weighted by Crippen LogP contribution is 2.09. The molecule has 0 fully saturated rings.